The summed E-state index contributed by atoms with van der Waals surface area (Å²) in [6, 6.07) is 0.468. The Kier molecular flexibility index (Phi) is 3.82. The lowest BCUT2D eigenvalue weighted by Gasteiger charge is -2.14. The number of aromatic nitrogens is 5. The Balaban J connectivity index is 1.84. The summed E-state index contributed by atoms with van der Waals surface area (Å²) in [5.41, 5.74) is 1.64. The van der Waals surface area contributed by atoms with Gasteiger partial charge in [0.1, 0.15) is 0 Å². The van der Waals surface area contributed by atoms with E-state index in [0.29, 0.717) is 11.5 Å². The third-order valence-corrected chi connectivity index (χ3v) is 3.93. The molecule has 0 aliphatic heterocycles. The Morgan fingerprint density at radius 3 is 2.95 bits per heavy atom. The Labute approximate surface area is 128 Å². The van der Waals surface area contributed by atoms with Crippen LogP contribution in [0.15, 0.2) is 6.20 Å². The molecule has 2 aromatic rings. The Morgan fingerprint density at radius 2 is 2.36 bits per heavy atom. The maximum Gasteiger partial charge on any atom is 0.336 e. The van der Waals surface area contributed by atoms with Gasteiger partial charge in [0.15, 0.2) is 0 Å². The van der Waals surface area contributed by atoms with Gasteiger partial charge in [0.25, 0.3) is 5.91 Å². The third kappa shape index (κ3) is 2.68. The molecule has 8 nitrogen and oxygen atoms in total. The van der Waals surface area contributed by atoms with Crippen molar-refractivity contribution in [1.82, 2.24) is 25.0 Å². The standard InChI is InChI=1S/C14H20N6O2/c1-4-8(2)20-11(9-5-6-9)10(7-15-20)12(21)16-13-17-14(22-3)19-18-13/h7-9H,4-6H2,1-3H3,(H2,16,17,18,19,21). The van der Waals surface area contributed by atoms with E-state index in [1.807, 2.05) is 4.68 Å². The minimum atomic E-state index is -0.227. The van der Waals surface area contributed by atoms with Gasteiger partial charge in [0, 0.05) is 12.0 Å². The first-order valence-corrected chi connectivity index (χ1v) is 7.49. The molecule has 1 amide bonds. The van der Waals surface area contributed by atoms with Gasteiger partial charge in [-0.1, -0.05) is 6.92 Å². The minimum absolute atomic E-state index is 0.188. The monoisotopic (exact) mass is 304 g/mol. The second kappa shape index (κ2) is 5.78. The number of nitrogens with zero attached hydrogens (tertiary/aromatic N) is 4. The van der Waals surface area contributed by atoms with Crippen molar-refractivity contribution < 1.29 is 9.53 Å². The number of anilines is 1. The number of amides is 1. The van der Waals surface area contributed by atoms with Crippen molar-refractivity contribution in [3.8, 4) is 6.01 Å². The minimum Gasteiger partial charge on any atom is -0.466 e. The molecule has 22 heavy (non-hydrogen) atoms. The molecule has 0 saturated heterocycles. The van der Waals surface area contributed by atoms with Crippen molar-refractivity contribution in [1.29, 1.82) is 0 Å². The quantitative estimate of drug-likeness (QED) is 0.851. The molecular formula is C14H20N6O2. The number of rotatable bonds is 6. The van der Waals surface area contributed by atoms with Crippen LogP contribution in [0.4, 0.5) is 5.95 Å². The Morgan fingerprint density at radius 1 is 1.59 bits per heavy atom. The van der Waals surface area contributed by atoms with Gasteiger partial charge in [0.2, 0.25) is 5.95 Å². The number of hydrogen-bond donors (Lipinski definition) is 2. The lowest BCUT2D eigenvalue weighted by molar-refractivity contribution is 0.102. The van der Waals surface area contributed by atoms with Crippen molar-refractivity contribution in [2.75, 3.05) is 12.4 Å². The molecule has 0 radical (unpaired) electrons. The van der Waals surface area contributed by atoms with Crippen molar-refractivity contribution >= 4 is 11.9 Å². The van der Waals surface area contributed by atoms with Crippen LogP contribution in [0.3, 0.4) is 0 Å². The van der Waals surface area contributed by atoms with Gasteiger partial charge in [-0.25, -0.2) is 5.10 Å². The second-order valence-electron chi connectivity index (χ2n) is 5.54. The average Bonchev–Trinajstić information content (AvgIpc) is 3.10. The van der Waals surface area contributed by atoms with E-state index in [-0.39, 0.29) is 23.9 Å². The van der Waals surface area contributed by atoms with Crippen LogP contribution in [0.1, 0.15) is 61.1 Å². The van der Waals surface area contributed by atoms with E-state index >= 15 is 0 Å². The highest BCUT2D eigenvalue weighted by molar-refractivity contribution is 6.04. The highest BCUT2D eigenvalue weighted by Crippen LogP contribution is 2.42. The van der Waals surface area contributed by atoms with Crippen molar-refractivity contribution in [2.24, 2.45) is 0 Å². The van der Waals surface area contributed by atoms with Crippen LogP contribution in [-0.2, 0) is 0 Å². The van der Waals surface area contributed by atoms with E-state index < -0.39 is 0 Å². The zero-order valence-electron chi connectivity index (χ0n) is 13.0. The van der Waals surface area contributed by atoms with Gasteiger partial charge in [-0.15, -0.1) is 5.10 Å². The molecule has 118 valence electrons. The molecule has 1 atom stereocenters. The van der Waals surface area contributed by atoms with Crippen molar-refractivity contribution in [2.45, 2.75) is 45.1 Å². The van der Waals surface area contributed by atoms with Crippen LogP contribution >= 0.6 is 0 Å². The lowest BCUT2D eigenvalue weighted by atomic mass is 10.1. The summed E-state index contributed by atoms with van der Waals surface area (Å²) in [5, 5.41) is 13.5. The summed E-state index contributed by atoms with van der Waals surface area (Å²) < 4.78 is 6.86. The molecule has 3 rings (SSSR count). The van der Waals surface area contributed by atoms with E-state index in [1.54, 1.807) is 6.20 Å². The van der Waals surface area contributed by atoms with Gasteiger partial charge in [-0.2, -0.15) is 10.1 Å². The summed E-state index contributed by atoms with van der Waals surface area (Å²) in [4.78, 5) is 16.5. The highest BCUT2D eigenvalue weighted by Gasteiger charge is 2.33. The van der Waals surface area contributed by atoms with E-state index in [1.165, 1.54) is 7.11 Å². The number of H-pyrrole nitrogens is 1. The first-order chi connectivity index (χ1) is 10.6. The van der Waals surface area contributed by atoms with Crippen LogP contribution < -0.4 is 10.1 Å². The van der Waals surface area contributed by atoms with E-state index in [0.717, 1.165) is 25.0 Å². The zero-order valence-corrected chi connectivity index (χ0v) is 13.0. The predicted molar refractivity (Wildman–Crippen MR) is 80.1 cm³/mol. The van der Waals surface area contributed by atoms with Gasteiger partial charge < -0.3 is 4.74 Å². The number of carbonyl (C=O) groups is 1. The second-order valence-corrected chi connectivity index (χ2v) is 5.54. The summed E-state index contributed by atoms with van der Waals surface area (Å²) >= 11 is 0. The largest absolute Gasteiger partial charge is 0.466 e. The topological polar surface area (TPSA) is 97.7 Å². The molecule has 0 bridgehead atoms. The molecule has 1 aliphatic rings. The van der Waals surface area contributed by atoms with Crippen LogP contribution in [0.25, 0.3) is 0 Å². The average molecular weight is 304 g/mol. The Bertz CT molecular complexity index is 673. The van der Waals surface area contributed by atoms with Crippen molar-refractivity contribution in [3.63, 3.8) is 0 Å². The summed E-state index contributed by atoms with van der Waals surface area (Å²) in [6.07, 6.45) is 4.83. The van der Waals surface area contributed by atoms with E-state index in [4.69, 9.17) is 4.74 Å². The lowest BCUT2D eigenvalue weighted by Crippen LogP contribution is -2.16. The summed E-state index contributed by atoms with van der Waals surface area (Å²) in [6.45, 7) is 4.23. The van der Waals surface area contributed by atoms with Gasteiger partial charge in [-0.3, -0.25) is 14.8 Å². The fourth-order valence-electron chi connectivity index (χ4n) is 2.40. The number of hydrogen-bond acceptors (Lipinski definition) is 5. The molecule has 8 heteroatoms. The molecule has 0 spiro atoms. The molecule has 2 aromatic heterocycles. The molecule has 1 fully saturated rings. The highest BCUT2D eigenvalue weighted by atomic mass is 16.5. The molecule has 1 saturated carbocycles. The smallest absolute Gasteiger partial charge is 0.336 e. The third-order valence-electron chi connectivity index (χ3n) is 3.93. The van der Waals surface area contributed by atoms with Gasteiger partial charge >= 0.3 is 6.01 Å². The van der Waals surface area contributed by atoms with E-state index in [9.17, 15) is 4.79 Å². The number of nitrogens with one attached hydrogen (secondary N) is 2. The van der Waals surface area contributed by atoms with Crippen LogP contribution in [0, 0.1) is 0 Å². The van der Waals surface area contributed by atoms with E-state index in [2.05, 4.69) is 39.4 Å². The number of ether oxygens (including phenoxy) is 1. The molecule has 1 unspecified atom stereocenters. The molecule has 2 N–H and O–H groups in total. The predicted octanol–water partition coefficient (Wildman–Crippen LogP) is 2.11. The maximum atomic E-state index is 12.5. The van der Waals surface area contributed by atoms with Crippen LogP contribution in [0.2, 0.25) is 0 Å². The fraction of sp³-hybridized carbons (Fsp3) is 0.571. The van der Waals surface area contributed by atoms with Crippen LogP contribution in [-0.4, -0.2) is 38.0 Å². The first-order valence-electron chi connectivity index (χ1n) is 7.49. The zero-order chi connectivity index (χ0) is 15.7. The normalized spacial score (nSPS) is 15.6. The summed E-state index contributed by atoms with van der Waals surface area (Å²) in [7, 11) is 1.47. The number of methoxy groups -OCH3 is 1. The first kappa shape index (κ1) is 14.6. The molecular weight excluding hydrogens is 284 g/mol. The fourth-order valence-corrected chi connectivity index (χ4v) is 2.40. The van der Waals surface area contributed by atoms with Crippen molar-refractivity contribution in [3.05, 3.63) is 17.5 Å². The number of aromatic amines is 1. The Hall–Kier alpha value is -2.38. The number of carbonyl (C=O) groups excluding carboxylic acids is 1. The maximum absolute atomic E-state index is 12.5. The van der Waals surface area contributed by atoms with Gasteiger partial charge in [0.05, 0.1) is 24.6 Å². The summed E-state index contributed by atoms with van der Waals surface area (Å²) in [5.74, 6) is 0.469. The van der Waals surface area contributed by atoms with Gasteiger partial charge in [-0.05, 0) is 26.2 Å². The molecule has 0 aromatic carbocycles. The molecule has 2 heterocycles. The van der Waals surface area contributed by atoms with Crippen LogP contribution in [0.5, 0.6) is 6.01 Å². The molecule has 1 aliphatic carbocycles. The SMILES string of the molecule is CCC(C)n1ncc(C(=O)Nc2nc(OC)n[nH]2)c1C1CC1.